The topological polar surface area (TPSA) is 84.7 Å². The van der Waals surface area contributed by atoms with Crippen molar-refractivity contribution in [2.45, 2.75) is 45.4 Å². The van der Waals surface area contributed by atoms with Gasteiger partial charge in [-0.3, -0.25) is 0 Å². The zero-order valence-corrected chi connectivity index (χ0v) is 13.0. The summed E-state index contributed by atoms with van der Waals surface area (Å²) in [5, 5.41) is 0. The molecule has 2 atom stereocenters. The van der Waals surface area contributed by atoms with E-state index in [0.717, 1.165) is 0 Å². The van der Waals surface area contributed by atoms with Gasteiger partial charge in [-0.1, -0.05) is 0 Å². The molecule has 1 rings (SSSR count). The van der Waals surface area contributed by atoms with Crippen molar-refractivity contribution in [1.82, 2.24) is 9.03 Å². The molecule has 3 N–H and O–H groups in total. The van der Waals surface area contributed by atoms with E-state index in [2.05, 4.69) is 4.72 Å². The van der Waals surface area contributed by atoms with Crippen molar-refractivity contribution in [1.29, 1.82) is 0 Å². The molecule has 0 aromatic carbocycles. The molecule has 0 saturated carbocycles. The molecule has 0 radical (unpaired) electrons. The van der Waals surface area contributed by atoms with Crippen molar-refractivity contribution < 1.29 is 13.2 Å². The fourth-order valence-corrected chi connectivity index (χ4v) is 3.51. The quantitative estimate of drug-likeness (QED) is 0.771. The second kappa shape index (κ2) is 6.49. The first-order valence-electron chi connectivity index (χ1n) is 5.81. The van der Waals surface area contributed by atoms with E-state index in [4.69, 9.17) is 10.5 Å². The third kappa shape index (κ3) is 4.99. The lowest BCUT2D eigenvalue weighted by atomic mass is 10.1. The normalized spacial score (nSPS) is 26.7. The van der Waals surface area contributed by atoms with E-state index < -0.39 is 15.7 Å². The van der Waals surface area contributed by atoms with Crippen LogP contribution in [-0.2, 0) is 14.9 Å². The predicted octanol–water partition coefficient (Wildman–Crippen LogP) is 0.0891. The average molecular weight is 302 g/mol. The van der Waals surface area contributed by atoms with E-state index in [9.17, 15) is 8.42 Å². The molecule has 1 heterocycles. The third-order valence-corrected chi connectivity index (χ3v) is 4.43. The molecule has 8 heteroatoms. The van der Waals surface area contributed by atoms with Crippen LogP contribution in [0, 0.1) is 0 Å². The van der Waals surface area contributed by atoms with Crippen molar-refractivity contribution in [3.8, 4) is 0 Å². The first-order valence-corrected chi connectivity index (χ1v) is 7.25. The highest BCUT2D eigenvalue weighted by Gasteiger charge is 2.34. The molecule has 110 valence electrons. The zero-order chi connectivity index (χ0) is 13.3. The number of rotatable bonds is 4. The molecule has 0 amide bonds. The van der Waals surface area contributed by atoms with Gasteiger partial charge in [-0.25, -0.2) is 0 Å². The summed E-state index contributed by atoms with van der Waals surface area (Å²) >= 11 is 0. The molecule has 1 aliphatic heterocycles. The molecule has 2 unspecified atom stereocenters. The molecule has 0 spiro atoms. The number of ether oxygens (including phenoxy) is 1. The molecule has 18 heavy (non-hydrogen) atoms. The summed E-state index contributed by atoms with van der Waals surface area (Å²) in [5.41, 5.74) is 4.89. The molecule has 1 aliphatic rings. The number of hydrogen-bond acceptors (Lipinski definition) is 4. The van der Waals surface area contributed by atoms with Crippen molar-refractivity contribution >= 4 is 22.6 Å². The molecule has 1 saturated heterocycles. The molecule has 0 aromatic rings. The Labute approximate surface area is 116 Å². The van der Waals surface area contributed by atoms with Gasteiger partial charge >= 0.3 is 0 Å². The maximum absolute atomic E-state index is 12.2. The lowest BCUT2D eigenvalue weighted by molar-refractivity contribution is -0.0445. The highest BCUT2D eigenvalue weighted by atomic mass is 35.5. The molecule has 0 aromatic heterocycles. The van der Waals surface area contributed by atoms with Crippen LogP contribution in [0.3, 0.4) is 0 Å². The summed E-state index contributed by atoms with van der Waals surface area (Å²) in [4.78, 5) is 0. The van der Waals surface area contributed by atoms with Gasteiger partial charge in [-0.05, 0) is 27.7 Å². The van der Waals surface area contributed by atoms with E-state index in [1.165, 1.54) is 4.31 Å². The summed E-state index contributed by atoms with van der Waals surface area (Å²) in [6, 6.07) is 0. The van der Waals surface area contributed by atoms with E-state index in [-0.39, 0.29) is 31.2 Å². The van der Waals surface area contributed by atoms with Gasteiger partial charge in [0.2, 0.25) is 0 Å². The predicted molar refractivity (Wildman–Crippen MR) is 74.0 cm³/mol. The van der Waals surface area contributed by atoms with Crippen molar-refractivity contribution in [3.05, 3.63) is 0 Å². The second-order valence-electron chi connectivity index (χ2n) is 5.27. The fourth-order valence-electron chi connectivity index (χ4n) is 1.78. The lowest BCUT2D eigenvalue weighted by Crippen LogP contribution is -2.57. The van der Waals surface area contributed by atoms with E-state index in [1.807, 2.05) is 13.8 Å². The summed E-state index contributed by atoms with van der Waals surface area (Å²) < 4.78 is 33.8. The van der Waals surface area contributed by atoms with Crippen molar-refractivity contribution in [2.75, 3.05) is 19.6 Å². The van der Waals surface area contributed by atoms with Crippen LogP contribution >= 0.6 is 12.4 Å². The standard InChI is InChI=1S/C10H23N3O3S.ClH/c1-8-5-13(6-9(2)16-8)17(14,15)12-10(3,4)7-11;/h8-9,12H,5-7,11H2,1-4H3;1H. The number of morpholine rings is 1. The number of nitrogens with zero attached hydrogens (tertiary/aromatic N) is 1. The lowest BCUT2D eigenvalue weighted by Gasteiger charge is -2.36. The van der Waals surface area contributed by atoms with Crippen LogP contribution in [0.1, 0.15) is 27.7 Å². The monoisotopic (exact) mass is 301 g/mol. The number of nitrogens with two attached hydrogens (primary N) is 1. The van der Waals surface area contributed by atoms with E-state index in [0.29, 0.717) is 13.1 Å². The highest BCUT2D eigenvalue weighted by molar-refractivity contribution is 7.87. The molecular weight excluding hydrogens is 278 g/mol. The van der Waals surface area contributed by atoms with Crippen LogP contribution in [0.15, 0.2) is 0 Å². The minimum Gasteiger partial charge on any atom is -0.373 e. The second-order valence-corrected chi connectivity index (χ2v) is 6.94. The highest BCUT2D eigenvalue weighted by Crippen LogP contribution is 2.15. The zero-order valence-electron chi connectivity index (χ0n) is 11.3. The van der Waals surface area contributed by atoms with Crippen LogP contribution < -0.4 is 10.5 Å². The maximum atomic E-state index is 12.2. The van der Waals surface area contributed by atoms with Crippen LogP contribution in [0.2, 0.25) is 0 Å². The van der Waals surface area contributed by atoms with Gasteiger partial charge in [0.05, 0.1) is 12.2 Å². The maximum Gasteiger partial charge on any atom is 0.280 e. The van der Waals surface area contributed by atoms with E-state index in [1.54, 1.807) is 13.8 Å². The first kappa shape index (κ1) is 18.1. The Morgan fingerprint density at radius 1 is 1.33 bits per heavy atom. The van der Waals surface area contributed by atoms with E-state index >= 15 is 0 Å². The van der Waals surface area contributed by atoms with Gasteiger partial charge in [-0.15, -0.1) is 12.4 Å². The Morgan fingerprint density at radius 3 is 2.17 bits per heavy atom. The number of nitrogens with one attached hydrogen (secondary N) is 1. The summed E-state index contributed by atoms with van der Waals surface area (Å²) in [6.45, 7) is 8.26. The van der Waals surface area contributed by atoms with Crippen LogP contribution in [0.5, 0.6) is 0 Å². The average Bonchev–Trinajstić information content (AvgIpc) is 2.14. The molecule has 6 nitrogen and oxygen atoms in total. The van der Waals surface area contributed by atoms with Crippen LogP contribution in [0.4, 0.5) is 0 Å². The smallest absolute Gasteiger partial charge is 0.280 e. The molecule has 1 fully saturated rings. The summed E-state index contributed by atoms with van der Waals surface area (Å²) in [7, 11) is -3.50. The largest absolute Gasteiger partial charge is 0.373 e. The SMILES string of the molecule is CC1CN(S(=O)(=O)NC(C)(C)CN)CC(C)O1.Cl. The van der Waals surface area contributed by atoms with Gasteiger partial charge < -0.3 is 10.5 Å². The summed E-state index contributed by atoms with van der Waals surface area (Å²) in [6.07, 6.45) is -0.173. The van der Waals surface area contributed by atoms with Gasteiger partial charge in [0.25, 0.3) is 10.2 Å². The summed E-state index contributed by atoms with van der Waals surface area (Å²) in [5.74, 6) is 0. The molecular formula is C10H24ClN3O3S. The Hall–Kier alpha value is 0.0800. The molecule has 0 aliphatic carbocycles. The van der Waals surface area contributed by atoms with Crippen LogP contribution in [-0.4, -0.2) is 50.1 Å². The first-order chi connectivity index (χ1) is 7.66. The molecule has 0 bridgehead atoms. The van der Waals surface area contributed by atoms with Crippen molar-refractivity contribution in [3.63, 3.8) is 0 Å². The van der Waals surface area contributed by atoms with Gasteiger partial charge in [0, 0.05) is 25.2 Å². The van der Waals surface area contributed by atoms with Crippen molar-refractivity contribution in [2.24, 2.45) is 5.73 Å². The van der Waals surface area contributed by atoms with Gasteiger partial charge in [-0.2, -0.15) is 17.4 Å². The third-order valence-electron chi connectivity index (χ3n) is 2.64. The minimum absolute atomic E-state index is 0. The minimum atomic E-state index is -3.50. The Bertz CT molecular complexity index is 351. The van der Waals surface area contributed by atoms with Gasteiger partial charge in [0.1, 0.15) is 0 Å². The van der Waals surface area contributed by atoms with Crippen LogP contribution in [0.25, 0.3) is 0 Å². The Kier molecular flexibility index (Phi) is 6.52. The van der Waals surface area contributed by atoms with Gasteiger partial charge in [0.15, 0.2) is 0 Å². The Morgan fingerprint density at radius 2 is 1.78 bits per heavy atom. The fraction of sp³-hybridized carbons (Fsp3) is 1.00. The number of hydrogen-bond donors (Lipinski definition) is 2. The Balaban J connectivity index is 0.00000289. The number of halogens is 1.